The number of amides is 1. The maximum atomic E-state index is 12.4. The predicted molar refractivity (Wildman–Crippen MR) is 107 cm³/mol. The summed E-state index contributed by atoms with van der Waals surface area (Å²) in [4.78, 5) is 12.4. The highest BCUT2D eigenvalue weighted by Crippen LogP contribution is 2.36. The first-order valence-electron chi connectivity index (χ1n) is 8.17. The van der Waals surface area contributed by atoms with Crippen molar-refractivity contribution in [3.63, 3.8) is 0 Å². The van der Waals surface area contributed by atoms with Gasteiger partial charge in [-0.3, -0.25) is 4.79 Å². The third-order valence-electron chi connectivity index (χ3n) is 4.25. The molecule has 0 saturated heterocycles. The normalized spacial score (nSPS) is 11.0. The van der Waals surface area contributed by atoms with Gasteiger partial charge in [0.1, 0.15) is 16.9 Å². The molecule has 1 N–H and O–H groups in total. The topological polar surface area (TPSA) is 51.5 Å². The fourth-order valence-corrected chi connectivity index (χ4v) is 3.26. The monoisotopic (exact) mass is 409 g/mol. The number of fused-ring (bicyclic) bond motifs is 3. The molecule has 0 aliphatic carbocycles. The van der Waals surface area contributed by atoms with Crippen LogP contribution in [0.25, 0.3) is 21.9 Å². The average Bonchev–Trinajstić information content (AvgIpc) is 3.00. The molecule has 130 valence electrons. The van der Waals surface area contributed by atoms with Gasteiger partial charge in [-0.05, 0) is 29.8 Å². The molecule has 0 atom stereocenters. The van der Waals surface area contributed by atoms with E-state index in [-0.39, 0.29) is 12.3 Å². The van der Waals surface area contributed by atoms with Crippen molar-refractivity contribution in [2.24, 2.45) is 0 Å². The highest BCUT2D eigenvalue weighted by atomic mass is 79.9. The van der Waals surface area contributed by atoms with Gasteiger partial charge in [-0.1, -0.05) is 46.3 Å². The number of ether oxygens (including phenoxy) is 1. The molecule has 5 heteroatoms. The van der Waals surface area contributed by atoms with Gasteiger partial charge in [0.25, 0.3) is 0 Å². The summed E-state index contributed by atoms with van der Waals surface area (Å²) in [5.41, 5.74) is 3.06. The summed E-state index contributed by atoms with van der Waals surface area (Å²) in [5.74, 6) is 0.495. The smallest absolute Gasteiger partial charge is 0.228 e. The summed E-state index contributed by atoms with van der Waals surface area (Å²) in [6.45, 7) is 0. The fraction of sp³-hybridized carbons (Fsp3) is 0.0952. The molecule has 4 aromatic rings. The first-order chi connectivity index (χ1) is 12.6. The molecule has 0 spiro atoms. The molecule has 3 aromatic carbocycles. The van der Waals surface area contributed by atoms with E-state index in [1.165, 1.54) is 0 Å². The number of anilines is 1. The van der Waals surface area contributed by atoms with Crippen molar-refractivity contribution in [3.8, 4) is 5.75 Å². The van der Waals surface area contributed by atoms with Crippen molar-refractivity contribution < 1.29 is 13.9 Å². The van der Waals surface area contributed by atoms with Crippen LogP contribution in [0.2, 0.25) is 0 Å². The SMILES string of the molecule is COc1cc2c(cc1NC(=O)Cc1ccc(Br)cc1)oc1ccccc12. The molecule has 4 nitrogen and oxygen atoms in total. The molecular weight excluding hydrogens is 394 g/mol. The standard InChI is InChI=1S/C21H16BrNO3/c1-25-20-11-16-15-4-2-3-5-18(15)26-19(16)12-17(20)23-21(24)10-13-6-8-14(22)9-7-13/h2-9,11-12H,10H2,1H3,(H,23,24). The van der Waals surface area contributed by atoms with Gasteiger partial charge in [-0.2, -0.15) is 0 Å². The van der Waals surface area contributed by atoms with Crippen molar-refractivity contribution >= 4 is 49.5 Å². The van der Waals surface area contributed by atoms with Gasteiger partial charge in [0.15, 0.2) is 0 Å². The molecule has 4 rings (SSSR count). The lowest BCUT2D eigenvalue weighted by Gasteiger charge is -2.10. The lowest BCUT2D eigenvalue weighted by Crippen LogP contribution is -2.15. The van der Waals surface area contributed by atoms with Gasteiger partial charge in [-0.25, -0.2) is 0 Å². The Bertz CT molecular complexity index is 1100. The second-order valence-corrected chi connectivity index (χ2v) is 6.91. The van der Waals surface area contributed by atoms with Crippen molar-refractivity contribution in [1.29, 1.82) is 0 Å². The van der Waals surface area contributed by atoms with Crippen LogP contribution < -0.4 is 10.1 Å². The van der Waals surface area contributed by atoms with Crippen LogP contribution in [0, 0.1) is 0 Å². The maximum Gasteiger partial charge on any atom is 0.228 e. The minimum Gasteiger partial charge on any atom is -0.495 e. The molecule has 26 heavy (non-hydrogen) atoms. The average molecular weight is 410 g/mol. The third kappa shape index (κ3) is 3.18. The van der Waals surface area contributed by atoms with Crippen molar-refractivity contribution in [2.75, 3.05) is 12.4 Å². The molecule has 0 aliphatic heterocycles. The van der Waals surface area contributed by atoms with Gasteiger partial charge in [0.05, 0.1) is 19.2 Å². The zero-order valence-electron chi connectivity index (χ0n) is 14.1. The van der Waals surface area contributed by atoms with Crippen LogP contribution in [0.5, 0.6) is 5.75 Å². The number of hydrogen-bond donors (Lipinski definition) is 1. The maximum absolute atomic E-state index is 12.4. The Balaban J connectivity index is 1.65. The Kier molecular flexibility index (Phi) is 4.39. The number of benzene rings is 3. The van der Waals surface area contributed by atoms with E-state index in [0.717, 1.165) is 26.4 Å². The molecule has 1 aromatic heterocycles. The van der Waals surface area contributed by atoms with E-state index in [9.17, 15) is 4.79 Å². The van der Waals surface area contributed by atoms with E-state index >= 15 is 0 Å². The number of para-hydroxylation sites is 1. The number of nitrogens with one attached hydrogen (secondary N) is 1. The summed E-state index contributed by atoms with van der Waals surface area (Å²) in [6, 6.07) is 19.2. The zero-order chi connectivity index (χ0) is 18.1. The summed E-state index contributed by atoms with van der Waals surface area (Å²) in [5, 5.41) is 4.91. The molecule has 1 heterocycles. The second-order valence-electron chi connectivity index (χ2n) is 6.00. The van der Waals surface area contributed by atoms with Gasteiger partial charge in [-0.15, -0.1) is 0 Å². The number of hydrogen-bond acceptors (Lipinski definition) is 3. The Morgan fingerprint density at radius 2 is 1.81 bits per heavy atom. The minimum atomic E-state index is -0.110. The van der Waals surface area contributed by atoms with E-state index in [2.05, 4.69) is 21.2 Å². The zero-order valence-corrected chi connectivity index (χ0v) is 15.7. The highest BCUT2D eigenvalue weighted by molar-refractivity contribution is 9.10. The summed E-state index contributed by atoms with van der Waals surface area (Å²) >= 11 is 3.39. The van der Waals surface area contributed by atoms with E-state index in [4.69, 9.17) is 9.15 Å². The van der Waals surface area contributed by atoms with Gasteiger partial charge < -0.3 is 14.5 Å². The molecule has 0 bridgehead atoms. The van der Waals surface area contributed by atoms with Crippen molar-refractivity contribution in [2.45, 2.75) is 6.42 Å². The minimum absolute atomic E-state index is 0.110. The Labute approximate surface area is 158 Å². The highest BCUT2D eigenvalue weighted by Gasteiger charge is 2.14. The molecule has 0 unspecified atom stereocenters. The van der Waals surface area contributed by atoms with Crippen LogP contribution in [0.15, 0.2) is 69.6 Å². The lowest BCUT2D eigenvalue weighted by atomic mass is 10.1. The Morgan fingerprint density at radius 1 is 1.04 bits per heavy atom. The largest absolute Gasteiger partial charge is 0.495 e. The molecule has 0 radical (unpaired) electrons. The summed E-state index contributed by atoms with van der Waals surface area (Å²) in [6.07, 6.45) is 0.286. The lowest BCUT2D eigenvalue weighted by molar-refractivity contribution is -0.115. The number of methoxy groups -OCH3 is 1. The summed E-state index contributed by atoms with van der Waals surface area (Å²) in [7, 11) is 1.59. The number of halogens is 1. The van der Waals surface area contributed by atoms with Crippen LogP contribution in [0.3, 0.4) is 0 Å². The number of carbonyl (C=O) groups excluding carboxylic acids is 1. The Hall–Kier alpha value is -2.79. The van der Waals surface area contributed by atoms with Gasteiger partial charge in [0.2, 0.25) is 5.91 Å². The van der Waals surface area contributed by atoms with Crippen LogP contribution in [-0.4, -0.2) is 13.0 Å². The van der Waals surface area contributed by atoms with Crippen molar-refractivity contribution in [3.05, 3.63) is 70.7 Å². The third-order valence-corrected chi connectivity index (χ3v) is 4.78. The fourth-order valence-electron chi connectivity index (χ4n) is 3.00. The van der Waals surface area contributed by atoms with Crippen LogP contribution in [0.1, 0.15) is 5.56 Å². The Morgan fingerprint density at radius 3 is 2.58 bits per heavy atom. The van der Waals surface area contributed by atoms with Crippen molar-refractivity contribution in [1.82, 2.24) is 0 Å². The van der Waals surface area contributed by atoms with E-state index < -0.39 is 0 Å². The van der Waals surface area contributed by atoms with Gasteiger partial charge >= 0.3 is 0 Å². The van der Waals surface area contributed by atoms with Crippen LogP contribution in [0.4, 0.5) is 5.69 Å². The number of furan rings is 1. The second kappa shape index (κ2) is 6.84. The van der Waals surface area contributed by atoms with E-state index in [1.807, 2.05) is 60.7 Å². The molecule has 0 aliphatic rings. The first kappa shape index (κ1) is 16.7. The van der Waals surface area contributed by atoms with Crippen LogP contribution >= 0.6 is 15.9 Å². The molecule has 0 saturated carbocycles. The summed E-state index contributed by atoms with van der Waals surface area (Å²) < 4.78 is 12.4. The first-order valence-corrected chi connectivity index (χ1v) is 8.97. The number of carbonyl (C=O) groups is 1. The molecular formula is C21H16BrNO3. The van der Waals surface area contributed by atoms with Crippen LogP contribution in [-0.2, 0) is 11.2 Å². The predicted octanol–water partition coefficient (Wildman–Crippen LogP) is 5.54. The quantitative estimate of drug-likeness (QED) is 0.481. The number of rotatable bonds is 4. The molecule has 0 fully saturated rings. The molecule has 1 amide bonds. The van der Waals surface area contributed by atoms with E-state index in [0.29, 0.717) is 17.0 Å². The van der Waals surface area contributed by atoms with E-state index in [1.54, 1.807) is 7.11 Å². The van der Waals surface area contributed by atoms with Gasteiger partial charge in [0, 0.05) is 21.3 Å².